The van der Waals surface area contributed by atoms with Crippen molar-refractivity contribution >= 4 is 35.2 Å². The Hall–Kier alpha value is -0.800. The first-order valence-corrected chi connectivity index (χ1v) is 14.9. The van der Waals surface area contributed by atoms with E-state index in [-0.39, 0.29) is 64.5 Å². The lowest BCUT2D eigenvalue weighted by Gasteiger charge is -2.45. The lowest BCUT2D eigenvalue weighted by atomic mass is 9.70. The summed E-state index contributed by atoms with van der Waals surface area (Å²) in [4.78, 5) is 28.4. The summed E-state index contributed by atoms with van der Waals surface area (Å²) < 4.78 is 32.7. The molecule has 0 radical (unpaired) electrons. The van der Waals surface area contributed by atoms with Gasteiger partial charge in [-0.3, -0.25) is 25.6 Å². The first-order valence-electron chi connectivity index (χ1n) is 13.5. The molecule has 5 aliphatic rings. The van der Waals surface area contributed by atoms with Gasteiger partial charge in [-0.05, 0) is 31.6 Å². The summed E-state index contributed by atoms with van der Waals surface area (Å²) in [5.74, 6) is -1.14. The molecule has 2 amide bonds. The average molecular weight is 580 g/mol. The van der Waals surface area contributed by atoms with Gasteiger partial charge >= 0.3 is 0 Å². The van der Waals surface area contributed by atoms with Gasteiger partial charge < -0.3 is 20.3 Å². The first kappa shape index (κ1) is 28.7. The number of hydrazine groups is 1. The number of fused-ring (bicyclic) bond motifs is 1. The summed E-state index contributed by atoms with van der Waals surface area (Å²) in [5, 5.41) is 15.0. The molecule has 0 bridgehead atoms. The van der Waals surface area contributed by atoms with Gasteiger partial charge in [-0.25, -0.2) is 13.8 Å². The van der Waals surface area contributed by atoms with Crippen LogP contribution < -0.4 is 26.7 Å². The van der Waals surface area contributed by atoms with E-state index in [1.807, 2.05) is 0 Å². The molecular weight excluding hydrogens is 540 g/mol. The number of ether oxygens (including phenoxy) is 1. The average Bonchev–Trinajstić information content (AvgIpc) is 3.56. The summed E-state index contributed by atoms with van der Waals surface area (Å²) in [7, 11) is 3.36. The lowest BCUT2D eigenvalue weighted by molar-refractivity contribution is -0.138. The summed E-state index contributed by atoms with van der Waals surface area (Å²) in [6, 6.07) is -0.560. The van der Waals surface area contributed by atoms with E-state index in [0.717, 1.165) is 12.8 Å². The summed E-state index contributed by atoms with van der Waals surface area (Å²) in [6.07, 6.45) is -0.916. The molecule has 0 spiro atoms. The molecule has 5 fully saturated rings. The molecule has 0 aromatic rings. The SMILES string of the molecule is COC1CNC(Cl)CC1C1CC(C)NCC1C(=O)NC1NC2CN(C(=O)C3C(C(F)F)CNN3C)CC2S1. The maximum absolute atomic E-state index is 13.6. The number of piperidine rings is 2. The highest BCUT2D eigenvalue weighted by Crippen LogP contribution is 2.39. The lowest BCUT2D eigenvalue weighted by Crippen LogP contribution is -2.57. The Bertz CT molecular complexity index is 867. The zero-order valence-corrected chi connectivity index (χ0v) is 23.6. The largest absolute Gasteiger partial charge is 0.380 e. The van der Waals surface area contributed by atoms with Crippen molar-refractivity contribution in [1.82, 2.24) is 36.6 Å². The molecule has 0 aromatic carbocycles. The van der Waals surface area contributed by atoms with Gasteiger partial charge in [-0.1, -0.05) is 0 Å². The van der Waals surface area contributed by atoms with Gasteiger partial charge in [0.05, 0.1) is 23.4 Å². The van der Waals surface area contributed by atoms with Crippen LogP contribution in [-0.2, 0) is 14.3 Å². The number of hydrogen-bond acceptors (Lipinski definition) is 9. The van der Waals surface area contributed by atoms with Gasteiger partial charge in [0.2, 0.25) is 18.2 Å². The van der Waals surface area contributed by atoms with E-state index >= 15 is 0 Å². The second-order valence-electron chi connectivity index (χ2n) is 11.4. The van der Waals surface area contributed by atoms with Crippen molar-refractivity contribution in [2.45, 2.75) is 66.7 Å². The molecular formula is C24H40ClF2N7O3S. The van der Waals surface area contributed by atoms with Gasteiger partial charge in [-0.15, -0.1) is 23.4 Å². The number of nitrogens with one attached hydrogen (secondary N) is 5. The maximum Gasteiger partial charge on any atom is 0.244 e. The van der Waals surface area contributed by atoms with Crippen LogP contribution in [-0.4, -0.2) is 116 Å². The molecule has 5 saturated heterocycles. The van der Waals surface area contributed by atoms with Crippen molar-refractivity contribution in [2.24, 2.45) is 23.7 Å². The van der Waals surface area contributed by atoms with Crippen LogP contribution in [0.15, 0.2) is 0 Å². The Kier molecular flexibility index (Phi) is 9.05. The van der Waals surface area contributed by atoms with Crippen molar-refractivity contribution in [3.63, 3.8) is 0 Å². The first-order chi connectivity index (χ1) is 18.2. The number of carbonyl (C=O) groups is 2. The van der Waals surface area contributed by atoms with Crippen molar-refractivity contribution < 1.29 is 23.1 Å². The molecule has 11 atom stereocenters. The van der Waals surface area contributed by atoms with Gasteiger partial charge in [0.1, 0.15) is 11.5 Å². The predicted molar refractivity (Wildman–Crippen MR) is 141 cm³/mol. The summed E-state index contributed by atoms with van der Waals surface area (Å²) >= 11 is 8.05. The van der Waals surface area contributed by atoms with Crippen molar-refractivity contribution in [2.75, 3.05) is 46.9 Å². The highest BCUT2D eigenvalue weighted by Gasteiger charge is 2.50. The fourth-order valence-electron chi connectivity index (χ4n) is 6.96. The molecule has 5 aliphatic heterocycles. The van der Waals surface area contributed by atoms with E-state index in [0.29, 0.717) is 32.2 Å². The number of thioether (sulfide) groups is 1. The topological polar surface area (TPSA) is 110 Å². The van der Waals surface area contributed by atoms with Crippen LogP contribution in [0.1, 0.15) is 19.8 Å². The number of likely N-dealkylation sites (tertiary alicyclic amines) is 1. The van der Waals surface area contributed by atoms with E-state index < -0.39 is 18.4 Å². The number of hydrogen-bond donors (Lipinski definition) is 5. The van der Waals surface area contributed by atoms with Gasteiger partial charge in [0.25, 0.3) is 0 Å². The van der Waals surface area contributed by atoms with E-state index in [1.165, 1.54) is 5.01 Å². The van der Waals surface area contributed by atoms with Crippen LogP contribution in [0.3, 0.4) is 0 Å². The van der Waals surface area contributed by atoms with Gasteiger partial charge in [0.15, 0.2) is 0 Å². The van der Waals surface area contributed by atoms with Crippen molar-refractivity contribution in [1.29, 1.82) is 0 Å². The van der Waals surface area contributed by atoms with Crippen LogP contribution in [0.25, 0.3) is 0 Å². The number of alkyl halides is 3. The van der Waals surface area contributed by atoms with E-state index in [9.17, 15) is 18.4 Å². The molecule has 10 nitrogen and oxygen atoms in total. The second kappa shape index (κ2) is 12.0. The molecule has 0 saturated carbocycles. The van der Waals surface area contributed by atoms with Crippen LogP contribution in [0.2, 0.25) is 0 Å². The number of amides is 2. The van der Waals surface area contributed by atoms with Gasteiger partial charge in [-0.2, -0.15) is 0 Å². The molecule has 5 N–H and O–H groups in total. The number of halogens is 3. The van der Waals surface area contributed by atoms with E-state index in [2.05, 4.69) is 33.6 Å². The Morgan fingerprint density at radius 3 is 2.63 bits per heavy atom. The number of nitrogens with zero attached hydrogens (tertiary/aromatic N) is 2. The van der Waals surface area contributed by atoms with Gasteiger partial charge in [0, 0.05) is 64.2 Å². The third-order valence-electron chi connectivity index (χ3n) is 9.02. The molecule has 0 aromatic heterocycles. The normalized spacial score (nSPS) is 44.0. The minimum absolute atomic E-state index is 0.00137. The summed E-state index contributed by atoms with van der Waals surface area (Å²) in [5.41, 5.74) is 2.48. The van der Waals surface area contributed by atoms with E-state index in [4.69, 9.17) is 16.3 Å². The highest BCUT2D eigenvalue weighted by molar-refractivity contribution is 8.00. The Labute approximate surface area is 232 Å². The molecule has 14 heteroatoms. The monoisotopic (exact) mass is 579 g/mol. The van der Waals surface area contributed by atoms with Crippen LogP contribution in [0, 0.1) is 23.7 Å². The zero-order chi connectivity index (χ0) is 27.1. The maximum atomic E-state index is 13.6. The fourth-order valence-corrected chi connectivity index (χ4v) is 8.66. The summed E-state index contributed by atoms with van der Waals surface area (Å²) in [6.45, 7) is 4.43. The standard InChI is InChI=1S/C24H40ClF2N7O3S/c1-11-4-12(13-5-19(25)29-8-17(13)37-3)14(6-28-11)22(35)32-24-31-16-9-34(10-18(16)38-24)23(36)20-15(21(26)27)7-30-33(20)2/h11-21,24,28-31H,4-10H2,1-3H3,(H,32,35). The third-order valence-corrected chi connectivity index (χ3v) is 10.7. The minimum Gasteiger partial charge on any atom is -0.380 e. The number of rotatable bonds is 6. The number of methoxy groups -OCH3 is 1. The number of likely N-dealkylation sites (N-methyl/N-ethyl adjacent to an activating group) is 1. The smallest absolute Gasteiger partial charge is 0.244 e. The van der Waals surface area contributed by atoms with E-state index in [1.54, 1.807) is 30.8 Å². The molecule has 38 heavy (non-hydrogen) atoms. The fraction of sp³-hybridized carbons (Fsp3) is 0.917. The Morgan fingerprint density at radius 1 is 1.13 bits per heavy atom. The minimum atomic E-state index is -2.56. The Balaban J connectivity index is 1.17. The van der Waals surface area contributed by atoms with Crippen LogP contribution >= 0.6 is 23.4 Å². The predicted octanol–water partition coefficient (Wildman–Crippen LogP) is -0.194. The molecule has 216 valence electrons. The Morgan fingerprint density at radius 2 is 1.92 bits per heavy atom. The third kappa shape index (κ3) is 5.81. The molecule has 5 heterocycles. The molecule has 0 aliphatic carbocycles. The zero-order valence-electron chi connectivity index (χ0n) is 22.0. The molecule has 5 rings (SSSR count). The second-order valence-corrected chi connectivity index (χ2v) is 13.2. The molecule has 11 unspecified atom stereocenters. The number of carbonyl (C=O) groups excluding carboxylic acids is 2. The van der Waals surface area contributed by atoms with Crippen LogP contribution in [0.5, 0.6) is 0 Å². The highest BCUT2D eigenvalue weighted by atomic mass is 35.5. The van der Waals surface area contributed by atoms with Crippen molar-refractivity contribution in [3.05, 3.63) is 0 Å². The van der Waals surface area contributed by atoms with Crippen molar-refractivity contribution in [3.8, 4) is 0 Å². The van der Waals surface area contributed by atoms with Crippen LogP contribution in [0.4, 0.5) is 8.78 Å². The quantitative estimate of drug-likeness (QED) is 0.216.